The van der Waals surface area contributed by atoms with Crippen molar-refractivity contribution in [3.8, 4) is 0 Å². The van der Waals surface area contributed by atoms with Crippen LogP contribution < -0.4 is 5.32 Å². The molecular formula is C12H11BrClN3. The maximum atomic E-state index is 5.73. The normalized spacial score (nSPS) is 10.2. The molecule has 0 saturated carbocycles. The van der Waals surface area contributed by atoms with Gasteiger partial charge in [-0.2, -0.15) is 0 Å². The predicted molar refractivity (Wildman–Crippen MR) is 73.1 cm³/mol. The summed E-state index contributed by atoms with van der Waals surface area (Å²) < 4.78 is 0.870. The van der Waals surface area contributed by atoms with Crippen LogP contribution in [-0.2, 0) is 12.4 Å². The van der Waals surface area contributed by atoms with Crippen LogP contribution in [0.3, 0.4) is 0 Å². The van der Waals surface area contributed by atoms with Crippen molar-refractivity contribution < 1.29 is 0 Å². The Balaban J connectivity index is 1.95. The van der Waals surface area contributed by atoms with Gasteiger partial charge in [0.05, 0.1) is 4.47 Å². The van der Waals surface area contributed by atoms with E-state index in [0.29, 0.717) is 18.4 Å². The summed E-state index contributed by atoms with van der Waals surface area (Å²) >= 11 is 9.02. The molecule has 0 unspecified atom stereocenters. The fourth-order valence-corrected chi connectivity index (χ4v) is 1.71. The first-order chi connectivity index (χ1) is 8.28. The summed E-state index contributed by atoms with van der Waals surface area (Å²) in [6, 6.07) is 8.13. The van der Waals surface area contributed by atoms with Gasteiger partial charge in [-0.25, -0.2) is 9.97 Å². The van der Waals surface area contributed by atoms with Crippen molar-refractivity contribution in [2.24, 2.45) is 0 Å². The molecular weight excluding hydrogens is 302 g/mol. The molecule has 0 spiro atoms. The molecule has 0 amide bonds. The van der Waals surface area contributed by atoms with Gasteiger partial charge >= 0.3 is 0 Å². The van der Waals surface area contributed by atoms with Crippen LogP contribution >= 0.6 is 27.5 Å². The van der Waals surface area contributed by atoms with Crippen LogP contribution in [0.5, 0.6) is 0 Å². The van der Waals surface area contributed by atoms with E-state index in [2.05, 4.69) is 31.2 Å². The van der Waals surface area contributed by atoms with Gasteiger partial charge in [0, 0.05) is 24.8 Å². The molecule has 0 bridgehead atoms. The van der Waals surface area contributed by atoms with Gasteiger partial charge in [-0.1, -0.05) is 24.3 Å². The maximum Gasteiger partial charge on any atom is 0.222 e. The topological polar surface area (TPSA) is 37.8 Å². The molecule has 2 aromatic rings. The Kier molecular flexibility index (Phi) is 4.34. The average molecular weight is 313 g/mol. The van der Waals surface area contributed by atoms with E-state index in [9.17, 15) is 0 Å². The molecule has 0 radical (unpaired) electrons. The number of halogens is 2. The van der Waals surface area contributed by atoms with Gasteiger partial charge in [0.15, 0.2) is 0 Å². The Hall–Kier alpha value is -1.13. The summed E-state index contributed by atoms with van der Waals surface area (Å²) in [7, 11) is 0. The molecule has 0 aliphatic heterocycles. The van der Waals surface area contributed by atoms with Crippen LogP contribution in [0.2, 0.25) is 0 Å². The van der Waals surface area contributed by atoms with Gasteiger partial charge in [0.2, 0.25) is 5.95 Å². The standard InChI is InChI=1S/C12H11BrClN3/c13-11-7-16-12(17-8-11)15-6-10-3-1-9(5-14)2-4-10/h1-4,7-8H,5-6H2,(H,15,16,17). The van der Waals surface area contributed by atoms with Crippen molar-refractivity contribution in [3.05, 3.63) is 52.3 Å². The van der Waals surface area contributed by atoms with Crippen molar-refractivity contribution in [2.45, 2.75) is 12.4 Å². The Bertz CT molecular complexity index is 470. The summed E-state index contributed by atoms with van der Waals surface area (Å²) in [5.74, 6) is 1.17. The van der Waals surface area contributed by atoms with Gasteiger partial charge in [0.1, 0.15) is 0 Å². The Morgan fingerprint density at radius 3 is 2.24 bits per heavy atom. The first-order valence-electron chi connectivity index (χ1n) is 5.13. The molecule has 88 valence electrons. The number of hydrogen-bond acceptors (Lipinski definition) is 3. The van der Waals surface area contributed by atoms with Gasteiger partial charge in [-0.3, -0.25) is 0 Å². The Morgan fingerprint density at radius 2 is 1.65 bits per heavy atom. The highest BCUT2D eigenvalue weighted by Gasteiger charge is 1.97. The highest BCUT2D eigenvalue weighted by atomic mass is 79.9. The predicted octanol–water partition coefficient (Wildman–Crippen LogP) is 3.59. The lowest BCUT2D eigenvalue weighted by atomic mass is 10.1. The Labute approximate surface area is 113 Å². The van der Waals surface area contributed by atoms with Gasteiger partial charge < -0.3 is 5.32 Å². The van der Waals surface area contributed by atoms with Gasteiger partial charge in [0.25, 0.3) is 0 Å². The summed E-state index contributed by atoms with van der Waals surface area (Å²) in [5, 5.41) is 3.15. The van der Waals surface area contributed by atoms with E-state index in [4.69, 9.17) is 11.6 Å². The third kappa shape index (κ3) is 3.68. The molecule has 1 N–H and O–H groups in total. The van der Waals surface area contributed by atoms with E-state index in [-0.39, 0.29) is 0 Å². The zero-order valence-corrected chi connectivity index (χ0v) is 11.4. The fraction of sp³-hybridized carbons (Fsp3) is 0.167. The van der Waals surface area contributed by atoms with Crippen molar-refractivity contribution in [1.29, 1.82) is 0 Å². The molecule has 1 aromatic heterocycles. The van der Waals surface area contributed by atoms with E-state index in [1.54, 1.807) is 12.4 Å². The molecule has 5 heteroatoms. The quantitative estimate of drug-likeness (QED) is 0.877. The fourth-order valence-electron chi connectivity index (χ4n) is 1.33. The lowest BCUT2D eigenvalue weighted by Crippen LogP contribution is -2.03. The number of rotatable bonds is 4. The Morgan fingerprint density at radius 1 is 1.06 bits per heavy atom. The minimum atomic E-state index is 0.545. The summed E-state index contributed by atoms with van der Waals surface area (Å²) in [6.45, 7) is 0.699. The molecule has 2 rings (SSSR count). The van der Waals surface area contributed by atoms with Crippen LogP contribution in [0.1, 0.15) is 11.1 Å². The van der Waals surface area contributed by atoms with E-state index in [0.717, 1.165) is 10.0 Å². The number of hydrogen-bond donors (Lipinski definition) is 1. The molecule has 1 aromatic carbocycles. The zero-order chi connectivity index (χ0) is 12.1. The molecule has 3 nitrogen and oxygen atoms in total. The van der Waals surface area contributed by atoms with Crippen LogP contribution in [0.15, 0.2) is 41.1 Å². The van der Waals surface area contributed by atoms with E-state index < -0.39 is 0 Å². The minimum Gasteiger partial charge on any atom is -0.350 e. The third-order valence-electron chi connectivity index (χ3n) is 2.25. The van der Waals surface area contributed by atoms with E-state index >= 15 is 0 Å². The van der Waals surface area contributed by atoms with Crippen LogP contribution in [0, 0.1) is 0 Å². The molecule has 0 aliphatic carbocycles. The third-order valence-corrected chi connectivity index (χ3v) is 2.97. The molecule has 0 fully saturated rings. The number of nitrogens with one attached hydrogen (secondary N) is 1. The largest absolute Gasteiger partial charge is 0.350 e. The summed E-state index contributed by atoms with van der Waals surface area (Å²) in [4.78, 5) is 8.27. The summed E-state index contributed by atoms with van der Waals surface area (Å²) in [6.07, 6.45) is 3.43. The maximum absolute atomic E-state index is 5.73. The number of alkyl halides is 1. The number of aromatic nitrogens is 2. The lowest BCUT2D eigenvalue weighted by Gasteiger charge is -2.05. The molecule has 0 atom stereocenters. The molecule has 0 aliphatic rings. The van der Waals surface area contributed by atoms with Gasteiger partial charge in [-0.05, 0) is 27.1 Å². The highest BCUT2D eigenvalue weighted by molar-refractivity contribution is 9.10. The second-order valence-corrected chi connectivity index (χ2v) is 4.71. The first-order valence-corrected chi connectivity index (χ1v) is 6.46. The highest BCUT2D eigenvalue weighted by Crippen LogP contribution is 2.10. The van der Waals surface area contributed by atoms with Crippen molar-refractivity contribution in [1.82, 2.24) is 9.97 Å². The molecule has 17 heavy (non-hydrogen) atoms. The van der Waals surface area contributed by atoms with E-state index in [1.807, 2.05) is 24.3 Å². The number of benzene rings is 1. The molecule has 1 heterocycles. The second kappa shape index (κ2) is 5.98. The van der Waals surface area contributed by atoms with Crippen molar-refractivity contribution >= 4 is 33.5 Å². The summed E-state index contributed by atoms with van der Waals surface area (Å²) in [5.41, 5.74) is 2.29. The second-order valence-electron chi connectivity index (χ2n) is 3.53. The SMILES string of the molecule is ClCc1ccc(CNc2ncc(Br)cn2)cc1. The first kappa shape index (κ1) is 12.3. The van der Waals surface area contributed by atoms with E-state index in [1.165, 1.54) is 5.56 Å². The smallest absolute Gasteiger partial charge is 0.222 e. The van der Waals surface area contributed by atoms with Crippen LogP contribution in [0.4, 0.5) is 5.95 Å². The average Bonchev–Trinajstić information content (AvgIpc) is 2.39. The van der Waals surface area contributed by atoms with Crippen molar-refractivity contribution in [2.75, 3.05) is 5.32 Å². The molecule has 0 saturated heterocycles. The van der Waals surface area contributed by atoms with Crippen LogP contribution in [0.25, 0.3) is 0 Å². The number of anilines is 1. The number of nitrogens with zero attached hydrogens (tertiary/aromatic N) is 2. The van der Waals surface area contributed by atoms with Gasteiger partial charge in [-0.15, -0.1) is 11.6 Å². The minimum absolute atomic E-state index is 0.545. The van der Waals surface area contributed by atoms with Crippen LogP contribution in [-0.4, -0.2) is 9.97 Å². The zero-order valence-electron chi connectivity index (χ0n) is 9.03. The monoisotopic (exact) mass is 311 g/mol. The lowest BCUT2D eigenvalue weighted by molar-refractivity contribution is 1.05. The van der Waals surface area contributed by atoms with Crippen molar-refractivity contribution in [3.63, 3.8) is 0 Å².